The third kappa shape index (κ3) is 2.24. The van der Waals surface area contributed by atoms with Gasteiger partial charge in [0.2, 0.25) is 0 Å². The summed E-state index contributed by atoms with van der Waals surface area (Å²) in [5.74, 6) is -0.315. The molecule has 5 heteroatoms. The van der Waals surface area contributed by atoms with Crippen molar-refractivity contribution in [3.8, 4) is 0 Å². The zero-order valence-electron chi connectivity index (χ0n) is 8.16. The number of fused-ring (bicyclic) bond motifs is 1. The Morgan fingerprint density at radius 3 is 3.13 bits per heavy atom. The molecule has 0 fully saturated rings. The lowest BCUT2D eigenvalue weighted by atomic mass is 10.3. The van der Waals surface area contributed by atoms with Crippen LogP contribution in [0.5, 0.6) is 0 Å². The first-order valence-corrected chi connectivity index (χ1v) is 4.79. The van der Waals surface area contributed by atoms with Gasteiger partial charge in [-0.15, -0.1) is 0 Å². The highest BCUT2D eigenvalue weighted by atomic mass is 19.1. The molecule has 3 N–H and O–H groups in total. The fraction of sp³-hybridized carbons (Fsp3) is 0.300. The number of halogens is 1. The van der Waals surface area contributed by atoms with Crippen molar-refractivity contribution in [3.05, 3.63) is 24.0 Å². The van der Waals surface area contributed by atoms with Crippen LogP contribution >= 0.6 is 0 Å². The van der Waals surface area contributed by atoms with E-state index in [1.165, 1.54) is 12.1 Å². The molecule has 1 aromatic carbocycles. The largest absolute Gasteiger partial charge is 0.424 e. The molecule has 2 rings (SSSR count). The second-order valence-corrected chi connectivity index (χ2v) is 3.20. The van der Waals surface area contributed by atoms with E-state index in [0.717, 1.165) is 6.42 Å². The summed E-state index contributed by atoms with van der Waals surface area (Å²) in [5.41, 5.74) is 6.44. The number of oxazole rings is 1. The van der Waals surface area contributed by atoms with Gasteiger partial charge in [0.25, 0.3) is 6.01 Å². The first-order valence-electron chi connectivity index (χ1n) is 4.79. The van der Waals surface area contributed by atoms with Gasteiger partial charge in [0.15, 0.2) is 5.58 Å². The second kappa shape index (κ2) is 4.27. The Kier molecular flexibility index (Phi) is 2.82. The molecule has 0 radical (unpaired) electrons. The zero-order valence-corrected chi connectivity index (χ0v) is 8.16. The van der Waals surface area contributed by atoms with Crippen LogP contribution in [0.3, 0.4) is 0 Å². The maximum absolute atomic E-state index is 12.8. The van der Waals surface area contributed by atoms with E-state index in [2.05, 4.69) is 10.3 Å². The summed E-state index contributed by atoms with van der Waals surface area (Å²) in [6.45, 7) is 1.31. The van der Waals surface area contributed by atoms with E-state index in [9.17, 15) is 4.39 Å². The van der Waals surface area contributed by atoms with Crippen LogP contribution in [-0.4, -0.2) is 18.1 Å². The van der Waals surface area contributed by atoms with E-state index in [1.807, 2.05) is 0 Å². The smallest absolute Gasteiger partial charge is 0.295 e. The van der Waals surface area contributed by atoms with Crippen LogP contribution in [0.1, 0.15) is 6.42 Å². The molecule has 0 aliphatic carbocycles. The SMILES string of the molecule is NCCCNc1nc2cc(F)ccc2o1. The van der Waals surface area contributed by atoms with Gasteiger partial charge in [0, 0.05) is 12.6 Å². The highest BCUT2D eigenvalue weighted by molar-refractivity contribution is 5.74. The zero-order chi connectivity index (χ0) is 10.7. The summed E-state index contributed by atoms with van der Waals surface area (Å²) in [6, 6.07) is 4.65. The number of nitrogens with one attached hydrogen (secondary N) is 1. The number of aromatic nitrogens is 1. The van der Waals surface area contributed by atoms with E-state index >= 15 is 0 Å². The predicted octanol–water partition coefficient (Wildman–Crippen LogP) is 1.73. The van der Waals surface area contributed by atoms with Crippen molar-refractivity contribution in [2.75, 3.05) is 18.4 Å². The van der Waals surface area contributed by atoms with Crippen LogP contribution in [0.15, 0.2) is 22.6 Å². The summed E-state index contributed by atoms with van der Waals surface area (Å²) in [4.78, 5) is 4.09. The molecular weight excluding hydrogens is 197 g/mol. The molecule has 15 heavy (non-hydrogen) atoms. The molecule has 0 atom stereocenters. The quantitative estimate of drug-likeness (QED) is 0.752. The summed E-state index contributed by atoms with van der Waals surface area (Å²) in [7, 11) is 0. The molecule has 1 heterocycles. The minimum Gasteiger partial charge on any atom is -0.424 e. The molecular formula is C10H12FN3O. The maximum Gasteiger partial charge on any atom is 0.295 e. The second-order valence-electron chi connectivity index (χ2n) is 3.20. The van der Waals surface area contributed by atoms with Gasteiger partial charge in [0.1, 0.15) is 11.3 Å². The summed E-state index contributed by atoms with van der Waals surface area (Å²) in [5, 5.41) is 2.97. The Morgan fingerprint density at radius 2 is 2.33 bits per heavy atom. The molecule has 0 aliphatic rings. The first-order chi connectivity index (χ1) is 7.29. The number of hydrogen-bond acceptors (Lipinski definition) is 4. The van der Waals surface area contributed by atoms with E-state index in [0.29, 0.717) is 30.2 Å². The topological polar surface area (TPSA) is 64.1 Å². The average molecular weight is 209 g/mol. The van der Waals surface area contributed by atoms with Crippen molar-refractivity contribution in [1.82, 2.24) is 4.98 Å². The number of benzene rings is 1. The Morgan fingerprint density at radius 1 is 1.47 bits per heavy atom. The van der Waals surface area contributed by atoms with E-state index in [1.54, 1.807) is 6.07 Å². The molecule has 0 saturated carbocycles. The normalized spacial score (nSPS) is 10.8. The Bertz CT molecular complexity index is 455. The lowest BCUT2D eigenvalue weighted by Crippen LogP contribution is -2.08. The molecule has 1 aromatic heterocycles. The first kappa shape index (κ1) is 9.92. The fourth-order valence-corrected chi connectivity index (χ4v) is 1.27. The molecule has 0 aliphatic heterocycles. The minimum absolute atomic E-state index is 0.315. The molecule has 80 valence electrons. The molecule has 0 bridgehead atoms. The van der Waals surface area contributed by atoms with E-state index < -0.39 is 0 Å². The van der Waals surface area contributed by atoms with E-state index in [4.69, 9.17) is 10.2 Å². The van der Waals surface area contributed by atoms with Crippen LogP contribution in [-0.2, 0) is 0 Å². The average Bonchev–Trinajstić information content (AvgIpc) is 2.60. The Hall–Kier alpha value is -1.62. The highest BCUT2D eigenvalue weighted by Crippen LogP contribution is 2.19. The lowest BCUT2D eigenvalue weighted by molar-refractivity contribution is 0.608. The van der Waals surface area contributed by atoms with Gasteiger partial charge in [-0.1, -0.05) is 0 Å². The fourth-order valence-electron chi connectivity index (χ4n) is 1.27. The van der Waals surface area contributed by atoms with Crippen LogP contribution < -0.4 is 11.1 Å². The maximum atomic E-state index is 12.8. The van der Waals surface area contributed by atoms with Crippen molar-refractivity contribution in [2.45, 2.75) is 6.42 Å². The predicted molar refractivity (Wildman–Crippen MR) is 56.1 cm³/mol. The van der Waals surface area contributed by atoms with Gasteiger partial charge in [-0.2, -0.15) is 4.98 Å². The Balaban J connectivity index is 2.16. The molecule has 2 aromatic rings. The minimum atomic E-state index is -0.315. The van der Waals surface area contributed by atoms with Gasteiger partial charge < -0.3 is 15.5 Å². The van der Waals surface area contributed by atoms with Gasteiger partial charge >= 0.3 is 0 Å². The number of rotatable bonds is 4. The number of nitrogens with zero attached hydrogens (tertiary/aromatic N) is 1. The Labute approximate surface area is 86.3 Å². The van der Waals surface area contributed by atoms with Gasteiger partial charge in [-0.25, -0.2) is 4.39 Å². The van der Waals surface area contributed by atoms with Crippen molar-refractivity contribution < 1.29 is 8.81 Å². The molecule has 4 nitrogen and oxygen atoms in total. The van der Waals surface area contributed by atoms with Crippen molar-refractivity contribution in [2.24, 2.45) is 5.73 Å². The monoisotopic (exact) mass is 209 g/mol. The van der Waals surface area contributed by atoms with Gasteiger partial charge in [0.05, 0.1) is 0 Å². The van der Waals surface area contributed by atoms with E-state index in [-0.39, 0.29) is 5.82 Å². The summed E-state index contributed by atoms with van der Waals surface area (Å²) < 4.78 is 18.2. The van der Waals surface area contributed by atoms with Gasteiger partial charge in [-0.05, 0) is 25.1 Å². The number of hydrogen-bond donors (Lipinski definition) is 2. The standard InChI is InChI=1S/C10H12FN3O/c11-7-2-3-9-8(6-7)14-10(15-9)13-5-1-4-12/h2-3,6H,1,4-5,12H2,(H,13,14). The highest BCUT2D eigenvalue weighted by Gasteiger charge is 2.05. The third-order valence-corrected chi connectivity index (χ3v) is 2.01. The third-order valence-electron chi connectivity index (χ3n) is 2.01. The van der Waals surface area contributed by atoms with Crippen LogP contribution in [0.25, 0.3) is 11.1 Å². The molecule has 0 saturated heterocycles. The van der Waals surface area contributed by atoms with Crippen LogP contribution in [0.4, 0.5) is 10.4 Å². The van der Waals surface area contributed by atoms with Crippen LogP contribution in [0.2, 0.25) is 0 Å². The molecule has 0 spiro atoms. The van der Waals surface area contributed by atoms with Crippen molar-refractivity contribution in [1.29, 1.82) is 0 Å². The van der Waals surface area contributed by atoms with Crippen molar-refractivity contribution in [3.63, 3.8) is 0 Å². The summed E-state index contributed by atoms with van der Waals surface area (Å²) >= 11 is 0. The molecule has 0 amide bonds. The van der Waals surface area contributed by atoms with Gasteiger partial charge in [-0.3, -0.25) is 0 Å². The number of anilines is 1. The molecule has 0 unspecified atom stereocenters. The van der Waals surface area contributed by atoms with Crippen molar-refractivity contribution >= 4 is 17.1 Å². The summed E-state index contributed by atoms with van der Waals surface area (Å²) in [6.07, 6.45) is 0.840. The van der Waals surface area contributed by atoms with Crippen LogP contribution in [0, 0.1) is 5.82 Å². The lowest BCUT2D eigenvalue weighted by Gasteiger charge is -1.97. The number of nitrogens with two attached hydrogens (primary N) is 1.